The highest BCUT2D eigenvalue weighted by atomic mass is 35.5. The smallest absolute Gasteiger partial charge is 0.232 e. The fourth-order valence-corrected chi connectivity index (χ4v) is 4.49. The highest BCUT2D eigenvalue weighted by Crippen LogP contribution is 2.24. The summed E-state index contributed by atoms with van der Waals surface area (Å²) in [6.07, 6.45) is 5.00. The van der Waals surface area contributed by atoms with Crippen molar-refractivity contribution in [2.75, 3.05) is 41.3 Å². The summed E-state index contributed by atoms with van der Waals surface area (Å²) in [5.74, 6) is 1.94. The van der Waals surface area contributed by atoms with Crippen molar-refractivity contribution in [1.82, 2.24) is 15.3 Å². The fraction of sp³-hybridized carbons (Fsp3) is 0.500. The molecule has 0 aliphatic carbocycles. The second-order valence-electron chi connectivity index (χ2n) is 8.23. The van der Waals surface area contributed by atoms with Crippen molar-refractivity contribution < 1.29 is 0 Å². The largest absolute Gasteiger partial charge is 0.372 e. The molecule has 0 amide bonds. The van der Waals surface area contributed by atoms with Gasteiger partial charge in [-0.2, -0.15) is 4.98 Å². The Bertz CT molecular complexity index is 868. The van der Waals surface area contributed by atoms with Crippen LogP contribution in [0, 0.1) is 5.92 Å². The van der Waals surface area contributed by atoms with Crippen LogP contribution < -0.4 is 20.4 Å². The molecule has 0 spiro atoms. The van der Waals surface area contributed by atoms with Gasteiger partial charge in [0.1, 0.15) is 11.0 Å². The molecule has 160 valence electrons. The Labute approximate surface area is 189 Å². The third-order valence-corrected chi connectivity index (χ3v) is 6.19. The molecule has 0 unspecified atom stereocenters. The lowest BCUT2D eigenvalue weighted by Crippen LogP contribution is -2.35. The molecule has 3 heterocycles. The molecule has 0 radical (unpaired) electrons. The number of aromatic nitrogens is 2. The molecule has 1 aromatic carbocycles. The van der Waals surface area contributed by atoms with Crippen LogP contribution in [0.15, 0.2) is 30.3 Å². The van der Waals surface area contributed by atoms with Crippen LogP contribution in [0.1, 0.15) is 38.2 Å². The van der Waals surface area contributed by atoms with Crippen molar-refractivity contribution >= 4 is 46.4 Å². The first kappa shape index (κ1) is 21.1. The lowest BCUT2D eigenvalue weighted by atomic mass is 10.0. The monoisotopic (exact) mass is 444 g/mol. The number of halogens is 1. The number of piperidine rings is 1. The topological polar surface area (TPSA) is 56.3 Å². The highest BCUT2D eigenvalue weighted by molar-refractivity contribution is 7.80. The third-order valence-electron chi connectivity index (χ3n) is 5.75. The van der Waals surface area contributed by atoms with Gasteiger partial charge in [0.05, 0.1) is 0 Å². The summed E-state index contributed by atoms with van der Waals surface area (Å²) in [6.45, 7) is 7.21. The Balaban J connectivity index is 1.32. The van der Waals surface area contributed by atoms with Crippen molar-refractivity contribution in [1.29, 1.82) is 0 Å². The molecule has 4 rings (SSSR count). The van der Waals surface area contributed by atoms with Crippen LogP contribution in [0.4, 0.5) is 17.5 Å². The normalized spacial score (nSPS) is 19.1. The van der Waals surface area contributed by atoms with E-state index in [9.17, 15) is 0 Å². The zero-order valence-corrected chi connectivity index (χ0v) is 19.0. The van der Waals surface area contributed by atoms with Gasteiger partial charge in [0.15, 0.2) is 5.11 Å². The maximum atomic E-state index is 6.25. The van der Waals surface area contributed by atoms with E-state index in [-0.39, 0.29) is 0 Å². The summed E-state index contributed by atoms with van der Waals surface area (Å²) in [7, 11) is 0. The van der Waals surface area contributed by atoms with Crippen LogP contribution in [0.3, 0.4) is 0 Å². The van der Waals surface area contributed by atoms with Crippen molar-refractivity contribution in [3.05, 3.63) is 41.0 Å². The molecule has 2 aliphatic rings. The van der Waals surface area contributed by atoms with Crippen LogP contribution in [-0.4, -0.2) is 41.3 Å². The van der Waals surface area contributed by atoms with Gasteiger partial charge in [0, 0.05) is 44.5 Å². The van der Waals surface area contributed by atoms with Gasteiger partial charge in [-0.15, -0.1) is 0 Å². The van der Waals surface area contributed by atoms with Crippen molar-refractivity contribution in [2.45, 2.75) is 39.2 Å². The average Bonchev–Trinajstić information content (AvgIpc) is 3.27. The molecular formula is C22H29ClN6S. The van der Waals surface area contributed by atoms with Gasteiger partial charge in [-0.05, 0) is 61.5 Å². The van der Waals surface area contributed by atoms with Gasteiger partial charge >= 0.3 is 0 Å². The van der Waals surface area contributed by atoms with Crippen molar-refractivity contribution in [3.63, 3.8) is 0 Å². The summed E-state index contributed by atoms with van der Waals surface area (Å²) in [4.78, 5) is 13.6. The quantitative estimate of drug-likeness (QED) is 0.521. The zero-order valence-electron chi connectivity index (χ0n) is 17.4. The van der Waals surface area contributed by atoms with E-state index in [4.69, 9.17) is 23.8 Å². The molecule has 2 saturated heterocycles. The highest BCUT2D eigenvalue weighted by Gasteiger charge is 2.19. The van der Waals surface area contributed by atoms with E-state index in [1.54, 1.807) is 0 Å². The molecule has 1 atom stereocenters. The predicted molar refractivity (Wildman–Crippen MR) is 129 cm³/mol. The number of hydrogen-bond donors (Lipinski definition) is 2. The second kappa shape index (κ2) is 9.79. The van der Waals surface area contributed by atoms with E-state index in [1.807, 2.05) is 6.07 Å². The Hall–Kier alpha value is -2.12. The molecule has 2 fully saturated rings. The predicted octanol–water partition coefficient (Wildman–Crippen LogP) is 4.45. The molecule has 2 aromatic rings. The SMILES string of the molecule is C[C@@H]1CCCN(c2cc(Cl)nc(NC(=S)NCc3ccc(N4CCCC4)cc3)n2)C1. The van der Waals surface area contributed by atoms with Gasteiger partial charge in [-0.25, -0.2) is 4.98 Å². The minimum atomic E-state index is 0.418. The number of nitrogens with one attached hydrogen (secondary N) is 2. The van der Waals surface area contributed by atoms with Gasteiger partial charge in [-0.1, -0.05) is 30.7 Å². The number of anilines is 3. The Kier molecular flexibility index (Phi) is 6.89. The van der Waals surface area contributed by atoms with E-state index in [0.29, 0.717) is 28.7 Å². The molecule has 2 aliphatic heterocycles. The summed E-state index contributed by atoms with van der Waals surface area (Å²) in [5.41, 5.74) is 2.47. The number of hydrogen-bond acceptors (Lipinski definition) is 5. The fourth-order valence-electron chi connectivity index (χ4n) is 4.15. The maximum absolute atomic E-state index is 6.25. The molecular weight excluding hydrogens is 416 g/mol. The second-order valence-corrected chi connectivity index (χ2v) is 9.03. The molecule has 1 aromatic heterocycles. The molecule has 8 heteroatoms. The van der Waals surface area contributed by atoms with Gasteiger partial charge < -0.3 is 20.4 Å². The lowest BCUT2D eigenvalue weighted by Gasteiger charge is -2.32. The van der Waals surface area contributed by atoms with Crippen LogP contribution in [0.2, 0.25) is 5.15 Å². The van der Waals surface area contributed by atoms with E-state index in [0.717, 1.165) is 32.0 Å². The average molecular weight is 445 g/mol. The number of benzene rings is 1. The Morgan fingerprint density at radius 2 is 1.83 bits per heavy atom. The standard InChI is InChI=1S/C22H29ClN6S/c1-16-5-4-12-29(15-16)20-13-19(23)25-21(26-20)27-22(30)24-14-17-6-8-18(9-7-17)28-10-2-3-11-28/h6-9,13,16H,2-5,10-12,14-15H2,1H3,(H2,24,25,26,27,30)/t16-/m1/s1. The minimum absolute atomic E-state index is 0.418. The summed E-state index contributed by atoms with van der Waals surface area (Å²) in [5, 5.41) is 7.21. The number of rotatable bonds is 5. The Morgan fingerprint density at radius 1 is 1.10 bits per heavy atom. The van der Waals surface area contributed by atoms with E-state index >= 15 is 0 Å². The first-order valence-corrected chi connectivity index (χ1v) is 11.5. The van der Waals surface area contributed by atoms with Gasteiger partial charge in [-0.3, -0.25) is 0 Å². The number of thiocarbonyl (C=S) groups is 1. The van der Waals surface area contributed by atoms with E-state index in [1.165, 1.54) is 36.9 Å². The first-order chi connectivity index (χ1) is 14.6. The van der Waals surface area contributed by atoms with Gasteiger partial charge in [0.25, 0.3) is 0 Å². The summed E-state index contributed by atoms with van der Waals surface area (Å²) in [6, 6.07) is 10.5. The lowest BCUT2D eigenvalue weighted by molar-refractivity contribution is 0.444. The summed E-state index contributed by atoms with van der Waals surface area (Å²) >= 11 is 11.7. The van der Waals surface area contributed by atoms with Gasteiger partial charge in [0.2, 0.25) is 5.95 Å². The molecule has 0 saturated carbocycles. The number of nitrogens with zero attached hydrogens (tertiary/aromatic N) is 4. The first-order valence-electron chi connectivity index (χ1n) is 10.7. The minimum Gasteiger partial charge on any atom is -0.372 e. The molecule has 2 N–H and O–H groups in total. The van der Waals surface area contributed by atoms with Crippen molar-refractivity contribution in [2.24, 2.45) is 5.92 Å². The van der Waals surface area contributed by atoms with Crippen LogP contribution in [-0.2, 0) is 6.54 Å². The molecule has 0 bridgehead atoms. The van der Waals surface area contributed by atoms with Crippen LogP contribution in [0.5, 0.6) is 0 Å². The van der Waals surface area contributed by atoms with E-state index < -0.39 is 0 Å². The van der Waals surface area contributed by atoms with E-state index in [2.05, 4.69) is 61.6 Å². The molecule has 30 heavy (non-hydrogen) atoms. The maximum Gasteiger partial charge on any atom is 0.232 e. The zero-order chi connectivity index (χ0) is 20.9. The van der Waals surface area contributed by atoms with Crippen LogP contribution in [0.25, 0.3) is 0 Å². The van der Waals surface area contributed by atoms with Crippen molar-refractivity contribution in [3.8, 4) is 0 Å². The Morgan fingerprint density at radius 3 is 2.57 bits per heavy atom. The third kappa shape index (κ3) is 5.52. The van der Waals surface area contributed by atoms with Crippen LogP contribution >= 0.6 is 23.8 Å². The molecule has 6 nitrogen and oxygen atoms in total. The summed E-state index contributed by atoms with van der Waals surface area (Å²) < 4.78 is 0.